The zero-order valence-electron chi connectivity index (χ0n) is 48.1. The van der Waals surface area contributed by atoms with Crippen LogP contribution in [0.3, 0.4) is 0 Å². The molecule has 5 aromatic carbocycles. The van der Waals surface area contributed by atoms with Gasteiger partial charge in [-0.25, -0.2) is 4.79 Å². The van der Waals surface area contributed by atoms with Gasteiger partial charge >= 0.3 is 5.97 Å². The Kier molecular flexibility index (Phi) is 17.2. The van der Waals surface area contributed by atoms with Gasteiger partial charge in [0.15, 0.2) is 27.9 Å². The summed E-state index contributed by atoms with van der Waals surface area (Å²) in [5.74, 6) is -1.78. The van der Waals surface area contributed by atoms with Gasteiger partial charge in [-0.05, 0) is 146 Å². The molecule has 4 aliphatic heterocycles. The molecule has 0 bridgehead atoms. The molecule has 11 rings (SSSR count). The first-order chi connectivity index (χ1) is 40.5. The fourth-order valence-electron chi connectivity index (χ4n) is 13.9. The van der Waals surface area contributed by atoms with E-state index in [2.05, 4.69) is 63.0 Å². The van der Waals surface area contributed by atoms with E-state index in [0.29, 0.717) is 75.0 Å². The zero-order chi connectivity index (χ0) is 61.7. The number of benzene rings is 5. The van der Waals surface area contributed by atoms with E-state index in [1.165, 1.54) is 5.56 Å². The molecule has 6 aliphatic rings. The molecular weight excluding hydrogens is 1290 g/mol. The third-order valence-corrected chi connectivity index (χ3v) is 22.5. The Hall–Kier alpha value is -5.16. The number of hydrogen-bond donors (Lipinski definition) is 5. The Morgan fingerprint density at radius 1 is 0.826 bits per heavy atom. The molecular formula is C63H65BrCl3N3O13S3. The molecule has 5 N–H and O–H groups in total. The number of carbonyl (C=O) groups excluding carboxylic acids is 2. The second-order valence-electron chi connectivity index (χ2n) is 24.9. The summed E-state index contributed by atoms with van der Waals surface area (Å²) in [6.07, 6.45) is 10.4. The lowest BCUT2D eigenvalue weighted by atomic mass is 9.69. The van der Waals surface area contributed by atoms with Crippen LogP contribution < -0.4 is 35.4 Å². The number of hydrogen-bond acceptors (Lipinski definition) is 13. The Morgan fingerprint density at radius 2 is 1.52 bits per heavy atom. The average molecular weight is 1350 g/mol. The number of unbranched alkanes of at least 4 members (excludes halogenated alkanes) is 3. The maximum absolute atomic E-state index is 13.8. The Morgan fingerprint density at radius 3 is 2.23 bits per heavy atom. The summed E-state index contributed by atoms with van der Waals surface area (Å²) < 4.78 is 96.3. The second kappa shape index (κ2) is 23.7. The van der Waals surface area contributed by atoms with Crippen molar-refractivity contribution in [3.63, 3.8) is 0 Å². The Balaban J connectivity index is 0.789. The van der Waals surface area contributed by atoms with E-state index in [1.54, 1.807) is 26.0 Å². The average Bonchev–Trinajstić information content (AvgIpc) is 0.829. The Bertz CT molecular complexity index is 4140. The minimum atomic E-state index is -5.29. The van der Waals surface area contributed by atoms with Crippen molar-refractivity contribution in [1.29, 1.82) is 0 Å². The monoisotopic (exact) mass is 1350 g/mol. The second-order valence-corrected chi connectivity index (χ2v) is 30.6. The smallest absolute Gasteiger partial charge is 0.337 e. The van der Waals surface area contributed by atoms with E-state index in [0.717, 1.165) is 51.0 Å². The van der Waals surface area contributed by atoms with E-state index >= 15 is 0 Å². The number of Topliss-reactive ketones (excluding diaryl/α,β-unsaturated/α-hetero) is 1. The molecule has 0 saturated heterocycles. The summed E-state index contributed by atoms with van der Waals surface area (Å²) in [5, 5.41) is 16.6. The lowest BCUT2D eigenvalue weighted by Crippen LogP contribution is -2.38. The summed E-state index contributed by atoms with van der Waals surface area (Å²) in [6.45, 7) is 11.9. The Labute approximate surface area is 527 Å². The van der Waals surface area contributed by atoms with Crippen LogP contribution in [0, 0.1) is 11.3 Å². The lowest BCUT2D eigenvalue weighted by molar-refractivity contribution is -0.121. The molecule has 0 saturated carbocycles. The van der Waals surface area contributed by atoms with Crippen LogP contribution in [0.2, 0.25) is 15.1 Å². The summed E-state index contributed by atoms with van der Waals surface area (Å²) in [4.78, 5) is 43.5. The fraction of sp³-hybridized carbons (Fsp3) is 0.429. The topological polar surface area (TPSA) is 244 Å². The van der Waals surface area contributed by atoms with Gasteiger partial charge in [0.05, 0.1) is 43.3 Å². The number of ketones is 1. The van der Waals surface area contributed by atoms with Crippen molar-refractivity contribution in [3.05, 3.63) is 135 Å². The highest BCUT2D eigenvalue weighted by Gasteiger charge is 2.44. The van der Waals surface area contributed by atoms with Crippen LogP contribution in [0.5, 0.6) is 23.0 Å². The van der Waals surface area contributed by atoms with Crippen molar-refractivity contribution in [2.45, 2.75) is 156 Å². The summed E-state index contributed by atoms with van der Waals surface area (Å²) in [7, 11) is -10.5. The van der Waals surface area contributed by atoms with E-state index in [9.17, 15) is 45.4 Å². The predicted molar refractivity (Wildman–Crippen MR) is 334 cm³/mol. The zero-order valence-corrected chi connectivity index (χ0v) is 54.4. The number of nitrogens with one attached hydrogen (secondary N) is 2. The number of rotatable bonds is 18. The summed E-state index contributed by atoms with van der Waals surface area (Å²) >= 11 is 25.9. The molecule has 5 atom stereocenters. The molecule has 4 heterocycles. The van der Waals surface area contributed by atoms with Gasteiger partial charge < -0.3 is 30.0 Å². The van der Waals surface area contributed by atoms with Gasteiger partial charge in [0.2, 0.25) is 12.7 Å². The molecule has 2 unspecified atom stereocenters. The minimum Gasteiger partial charge on any atom is -0.478 e. The number of allylic oxidation sites excluding steroid dienone is 2. The minimum absolute atomic E-state index is 0.0182. The number of aromatic carboxylic acids is 1. The highest BCUT2D eigenvalue weighted by atomic mass is 79.9. The van der Waals surface area contributed by atoms with Crippen LogP contribution in [-0.4, -0.2) is 73.3 Å². The summed E-state index contributed by atoms with van der Waals surface area (Å²) in [5.41, 5.74) is 3.24. The highest BCUT2D eigenvalue weighted by molar-refractivity contribution is 9.10. The molecule has 0 fully saturated rings. The number of halogens is 4. The number of carbonyl (C=O) groups is 3. The van der Waals surface area contributed by atoms with Gasteiger partial charge in [-0.3, -0.25) is 23.7 Å². The first-order valence-electron chi connectivity index (χ1n) is 28.7. The van der Waals surface area contributed by atoms with E-state index in [-0.39, 0.29) is 103 Å². The van der Waals surface area contributed by atoms with Gasteiger partial charge in [0, 0.05) is 62.3 Å². The lowest BCUT2D eigenvalue weighted by Gasteiger charge is -2.38. The molecule has 456 valence electrons. The molecule has 2 aliphatic carbocycles. The number of nitrogens with zero attached hydrogens (tertiary/aromatic N) is 1. The standard InChI is InChI=1S/C63H65BrCl3N3O13S3/c1-30-25-62(3,4)27-42-36(30)21-40-48(41-22-37-31(2)26-63(5,6)70-55(37)60(86(78,79)80)57(41)83-56(40)59(42)85(75,76)77)49-50(61(73)74)51(65)53(67)58(52(49)66)84-28-33(71)12-9-7-8-10-15-47(72)68-19-18-32-16-17-44-38(20-32)34-13-11-14-35(34)54(69-44)39-23-45-46(24-43(39)64)82-29-81-45/h11,13,16-17,20-24,30-31,34-35,54,69H,7-10,12,14-15,18-19,25-29H2,1-6H3,(H,68,72)(H,73,74)(H,75,76,77)(H,78,79,80)/t30?,31?,34-,35+,54-/m1/s1. The van der Waals surface area contributed by atoms with Crippen molar-refractivity contribution in [3.8, 4) is 23.0 Å². The third-order valence-electron chi connectivity index (χ3n) is 17.4. The van der Waals surface area contributed by atoms with E-state index in [4.69, 9.17) is 54.0 Å². The van der Waals surface area contributed by atoms with Crippen molar-refractivity contribution in [2.75, 3.05) is 24.4 Å². The normalized spacial score (nSPS) is 20.9. The molecule has 1 amide bonds. The molecule has 23 heteroatoms. The largest absolute Gasteiger partial charge is 0.478 e. The van der Waals surface area contributed by atoms with Crippen LogP contribution in [-0.2, 0) is 42.7 Å². The summed E-state index contributed by atoms with van der Waals surface area (Å²) in [6, 6.07) is 13.8. The highest BCUT2D eigenvalue weighted by Crippen LogP contribution is 2.56. The molecule has 16 nitrogen and oxygen atoms in total. The van der Waals surface area contributed by atoms with Gasteiger partial charge in [-0.15, -0.1) is 11.8 Å². The number of amides is 1. The van der Waals surface area contributed by atoms with Crippen molar-refractivity contribution in [1.82, 2.24) is 5.32 Å². The predicted octanol–water partition coefficient (Wildman–Crippen LogP) is 13.9. The van der Waals surface area contributed by atoms with Crippen LogP contribution >= 0.6 is 62.5 Å². The van der Waals surface area contributed by atoms with Gasteiger partial charge in [-0.1, -0.05) is 116 Å². The third kappa shape index (κ3) is 12.0. The van der Waals surface area contributed by atoms with E-state index < -0.39 is 75.0 Å². The van der Waals surface area contributed by atoms with E-state index in [1.807, 2.05) is 33.8 Å². The fourth-order valence-corrected chi connectivity index (χ4v) is 18.2. The van der Waals surface area contributed by atoms with Crippen LogP contribution in [0.25, 0.3) is 5.57 Å². The first kappa shape index (κ1) is 62.4. The number of carboxylic acid groups (broad SMARTS) is 1. The number of fused-ring (bicyclic) bond motifs is 8. The molecule has 0 radical (unpaired) electrons. The molecule has 86 heavy (non-hydrogen) atoms. The van der Waals surface area contributed by atoms with Crippen molar-refractivity contribution >= 4 is 112 Å². The first-order valence-corrected chi connectivity index (χ1v) is 34.5. The van der Waals surface area contributed by atoms with Gasteiger partial charge in [0.25, 0.3) is 20.2 Å². The van der Waals surface area contributed by atoms with Gasteiger partial charge in [0.1, 0.15) is 10.7 Å². The molecule has 0 aromatic heterocycles. The molecule has 0 spiro atoms. The van der Waals surface area contributed by atoms with Crippen LogP contribution in [0.1, 0.15) is 178 Å². The SMILES string of the molecule is CC1CC(C)(C)Cc2c1cc1c(c2S(=O)(=O)O)Oc2c(S(=O)(=O)O)c3c(cc2=C1c1c(Cl)c(SCC(=O)CCCCCCC(=O)NCCc2ccc4c(c2)[C@@H]2C=CC[C@@H]2[C@H](c2cc5c(cc2Br)OCO5)N4)c(Cl)c(Cl)c1C(=O)O)C(C)CC(C)(C)N=3. The number of ether oxygens (including phenoxy) is 3. The maximum atomic E-state index is 13.8. The van der Waals surface area contributed by atoms with Crippen molar-refractivity contribution in [2.24, 2.45) is 16.3 Å². The maximum Gasteiger partial charge on any atom is 0.337 e. The van der Waals surface area contributed by atoms with Gasteiger partial charge in [-0.2, -0.15) is 16.8 Å². The van der Waals surface area contributed by atoms with Crippen LogP contribution in [0.4, 0.5) is 5.69 Å². The number of carboxylic acids is 1. The quantitative estimate of drug-likeness (QED) is 0.0177. The molecule has 5 aromatic rings. The van der Waals surface area contributed by atoms with Crippen LogP contribution in [0.15, 0.2) is 78.8 Å². The number of anilines is 1. The number of thioether (sulfide) groups is 1. The van der Waals surface area contributed by atoms with Crippen molar-refractivity contribution < 1.29 is 59.6 Å².